The highest BCUT2D eigenvalue weighted by Gasteiger charge is 2.15. The maximum atomic E-state index is 12.2. The zero-order chi connectivity index (χ0) is 16.3. The van der Waals surface area contributed by atoms with Crippen molar-refractivity contribution in [2.45, 2.75) is 20.4 Å². The van der Waals surface area contributed by atoms with Gasteiger partial charge in [0.25, 0.3) is 5.91 Å². The van der Waals surface area contributed by atoms with Gasteiger partial charge in [-0.3, -0.25) is 9.48 Å². The fraction of sp³-hybridized carbons (Fsp3) is 0.375. The van der Waals surface area contributed by atoms with Crippen LogP contribution in [0.2, 0.25) is 0 Å². The van der Waals surface area contributed by atoms with Crippen molar-refractivity contribution in [1.82, 2.24) is 9.78 Å². The maximum Gasteiger partial charge on any atom is 0.279 e. The summed E-state index contributed by atoms with van der Waals surface area (Å²) in [5.74, 6) is 0.00816. The van der Waals surface area contributed by atoms with Crippen LogP contribution in [0, 0.1) is 13.8 Å². The lowest BCUT2D eigenvalue weighted by Gasteiger charge is -2.14. The standard InChI is InChI=1S/C16H21BrN4O/c1-11-16(12(2)21(4)19-11)18-15(22)10-20(3)9-13-5-7-14(17)8-6-13/h5-8H,9-10H2,1-4H3,(H,18,22)/p+1. The van der Waals surface area contributed by atoms with Gasteiger partial charge in [-0.15, -0.1) is 0 Å². The summed E-state index contributed by atoms with van der Waals surface area (Å²) in [6.45, 7) is 5.09. The summed E-state index contributed by atoms with van der Waals surface area (Å²) in [6.07, 6.45) is 0. The third-order valence-corrected chi connectivity index (χ3v) is 4.18. The van der Waals surface area contributed by atoms with Crippen LogP contribution in [0.4, 0.5) is 5.69 Å². The van der Waals surface area contributed by atoms with E-state index in [1.54, 1.807) is 4.68 Å². The van der Waals surface area contributed by atoms with Gasteiger partial charge < -0.3 is 10.2 Å². The van der Waals surface area contributed by atoms with Crippen LogP contribution in [0.5, 0.6) is 0 Å². The number of hydrogen-bond acceptors (Lipinski definition) is 2. The fourth-order valence-corrected chi connectivity index (χ4v) is 2.69. The van der Waals surface area contributed by atoms with Crippen molar-refractivity contribution in [2.75, 3.05) is 18.9 Å². The van der Waals surface area contributed by atoms with E-state index in [2.05, 4.69) is 38.5 Å². The van der Waals surface area contributed by atoms with E-state index in [1.807, 2.05) is 40.1 Å². The molecule has 1 unspecified atom stereocenters. The van der Waals surface area contributed by atoms with Gasteiger partial charge in [-0.2, -0.15) is 5.10 Å². The molecule has 0 saturated carbocycles. The first-order chi connectivity index (χ1) is 10.4. The molecule has 0 aliphatic rings. The summed E-state index contributed by atoms with van der Waals surface area (Å²) in [4.78, 5) is 13.3. The predicted octanol–water partition coefficient (Wildman–Crippen LogP) is 1.45. The predicted molar refractivity (Wildman–Crippen MR) is 90.9 cm³/mol. The lowest BCUT2D eigenvalue weighted by Crippen LogP contribution is -3.08. The van der Waals surface area contributed by atoms with Gasteiger partial charge in [0.05, 0.1) is 24.1 Å². The lowest BCUT2D eigenvalue weighted by molar-refractivity contribution is -0.885. The SMILES string of the molecule is Cc1nn(C)c(C)c1NC(=O)C[NH+](C)Cc1ccc(Br)cc1. The van der Waals surface area contributed by atoms with Gasteiger partial charge in [-0.25, -0.2) is 0 Å². The second kappa shape index (κ2) is 7.07. The Morgan fingerprint density at radius 2 is 1.95 bits per heavy atom. The molecule has 5 nitrogen and oxygen atoms in total. The number of carbonyl (C=O) groups is 1. The molecular formula is C16H22BrN4O+. The number of rotatable bonds is 5. The normalized spacial score (nSPS) is 12.2. The zero-order valence-corrected chi connectivity index (χ0v) is 15.0. The van der Waals surface area contributed by atoms with Crippen molar-refractivity contribution >= 4 is 27.5 Å². The Balaban J connectivity index is 1.92. The molecule has 1 atom stereocenters. The van der Waals surface area contributed by atoms with E-state index >= 15 is 0 Å². The van der Waals surface area contributed by atoms with E-state index < -0.39 is 0 Å². The monoisotopic (exact) mass is 365 g/mol. The quantitative estimate of drug-likeness (QED) is 0.842. The average Bonchev–Trinajstić information content (AvgIpc) is 2.68. The van der Waals surface area contributed by atoms with E-state index in [0.717, 1.165) is 33.0 Å². The van der Waals surface area contributed by atoms with Crippen LogP contribution in [0.3, 0.4) is 0 Å². The molecule has 0 fully saturated rings. The number of carbonyl (C=O) groups excluding carboxylic acids is 1. The van der Waals surface area contributed by atoms with Gasteiger partial charge in [0.2, 0.25) is 0 Å². The second-order valence-electron chi connectivity index (χ2n) is 5.65. The summed E-state index contributed by atoms with van der Waals surface area (Å²) in [5, 5.41) is 7.28. The number of hydrogen-bond donors (Lipinski definition) is 2. The van der Waals surface area contributed by atoms with Gasteiger partial charge in [0, 0.05) is 17.1 Å². The van der Waals surface area contributed by atoms with Crippen molar-refractivity contribution < 1.29 is 9.69 Å². The molecule has 0 spiro atoms. The van der Waals surface area contributed by atoms with Crippen molar-refractivity contribution in [1.29, 1.82) is 0 Å². The third kappa shape index (κ3) is 4.18. The smallest absolute Gasteiger partial charge is 0.279 e. The number of likely N-dealkylation sites (N-methyl/N-ethyl adjacent to an activating group) is 1. The van der Waals surface area contributed by atoms with E-state index in [-0.39, 0.29) is 5.91 Å². The van der Waals surface area contributed by atoms with Gasteiger partial charge in [-0.1, -0.05) is 28.1 Å². The summed E-state index contributed by atoms with van der Waals surface area (Å²) in [5.41, 5.74) is 3.85. The highest BCUT2D eigenvalue weighted by atomic mass is 79.9. The lowest BCUT2D eigenvalue weighted by atomic mass is 10.2. The summed E-state index contributed by atoms with van der Waals surface area (Å²) >= 11 is 3.43. The van der Waals surface area contributed by atoms with Crippen LogP contribution < -0.4 is 10.2 Å². The molecule has 22 heavy (non-hydrogen) atoms. The molecule has 0 aliphatic carbocycles. The molecule has 0 saturated heterocycles. The van der Waals surface area contributed by atoms with Gasteiger partial charge in [0.1, 0.15) is 6.54 Å². The molecule has 118 valence electrons. The number of amides is 1. The van der Waals surface area contributed by atoms with E-state index in [1.165, 1.54) is 5.56 Å². The maximum absolute atomic E-state index is 12.2. The fourth-order valence-electron chi connectivity index (χ4n) is 2.43. The highest BCUT2D eigenvalue weighted by molar-refractivity contribution is 9.10. The molecule has 2 aromatic rings. The second-order valence-corrected chi connectivity index (χ2v) is 6.57. The Labute approximate surface area is 139 Å². The molecule has 1 heterocycles. The molecule has 1 aromatic heterocycles. The number of quaternary nitrogens is 1. The minimum atomic E-state index is 0.00816. The first-order valence-corrected chi connectivity index (χ1v) is 8.02. The van der Waals surface area contributed by atoms with Crippen molar-refractivity contribution in [3.63, 3.8) is 0 Å². The van der Waals surface area contributed by atoms with E-state index in [4.69, 9.17) is 0 Å². The molecular weight excluding hydrogens is 344 g/mol. The topological polar surface area (TPSA) is 51.4 Å². The third-order valence-electron chi connectivity index (χ3n) is 3.65. The summed E-state index contributed by atoms with van der Waals surface area (Å²) < 4.78 is 2.85. The van der Waals surface area contributed by atoms with Gasteiger partial charge >= 0.3 is 0 Å². The zero-order valence-electron chi connectivity index (χ0n) is 13.4. The van der Waals surface area contributed by atoms with E-state index in [0.29, 0.717) is 6.54 Å². The minimum Gasteiger partial charge on any atom is -0.326 e. The molecule has 1 aromatic carbocycles. The number of nitrogens with one attached hydrogen (secondary N) is 2. The molecule has 2 rings (SSSR count). The average molecular weight is 366 g/mol. The first kappa shape index (κ1) is 16.7. The first-order valence-electron chi connectivity index (χ1n) is 7.22. The molecule has 0 bridgehead atoms. The summed E-state index contributed by atoms with van der Waals surface area (Å²) in [7, 11) is 3.90. The molecule has 6 heteroatoms. The Hall–Kier alpha value is -1.66. The van der Waals surface area contributed by atoms with E-state index in [9.17, 15) is 4.79 Å². The molecule has 0 aliphatic heterocycles. The Morgan fingerprint density at radius 1 is 1.32 bits per heavy atom. The van der Waals surface area contributed by atoms with Crippen molar-refractivity contribution in [3.05, 3.63) is 45.7 Å². The Morgan fingerprint density at radius 3 is 2.50 bits per heavy atom. The van der Waals surface area contributed by atoms with Crippen LogP contribution in [-0.2, 0) is 18.4 Å². The molecule has 1 amide bonds. The number of halogens is 1. The number of nitrogens with zero attached hydrogens (tertiary/aromatic N) is 2. The number of anilines is 1. The molecule has 2 N–H and O–H groups in total. The van der Waals surface area contributed by atoms with Crippen LogP contribution in [0.25, 0.3) is 0 Å². The number of aryl methyl sites for hydroxylation is 2. The van der Waals surface area contributed by atoms with Gasteiger partial charge in [0.15, 0.2) is 6.54 Å². The Bertz CT molecular complexity index is 664. The minimum absolute atomic E-state index is 0.00816. The largest absolute Gasteiger partial charge is 0.326 e. The van der Waals surface area contributed by atoms with Crippen LogP contribution in [-0.4, -0.2) is 29.3 Å². The van der Waals surface area contributed by atoms with Gasteiger partial charge in [-0.05, 0) is 26.0 Å². The van der Waals surface area contributed by atoms with Crippen LogP contribution in [0.1, 0.15) is 17.0 Å². The number of aromatic nitrogens is 2. The number of benzene rings is 1. The summed E-state index contributed by atoms with van der Waals surface area (Å²) in [6, 6.07) is 8.18. The highest BCUT2D eigenvalue weighted by Crippen LogP contribution is 2.17. The molecule has 0 radical (unpaired) electrons. The van der Waals surface area contributed by atoms with Crippen LogP contribution >= 0.6 is 15.9 Å². The van der Waals surface area contributed by atoms with Crippen molar-refractivity contribution in [3.8, 4) is 0 Å². The Kier molecular flexibility index (Phi) is 5.37. The van der Waals surface area contributed by atoms with Crippen molar-refractivity contribution in [2.24, 2.45) is 7.05 Å². The van der Waals surface area contributed by atoms with Crippen LogP contribution in [0.15, 0.2) is 28.7 Å².